The molecule has 2 heterocycles. The summed E-state index contributed by atoms with van der Waals surface area (Å²) in [4.78, 5) is 15.9. The van der Waals surface area contributed by atoms with Gasteiger partial charge in [-0.15, -0.1) is 4.83 Å². The lowest BCUT2D eigenvalue weighted by Crippen LogP contribution is -2.35. The number of anilines is 1. The van der Waals surface area contributed by atoms with E-state index in [1.807, 2.05) is 0 Å². The van der Waals surface area contributed by atoms with Gasteiger partial charge in [0.1, 0.15) is 10.7 Å². The summed E-state index contributed by atoms with van der Waals surface area (Å²) in [6.45, 7) is 0.939. The van der Waals surface area contributed by atoms with Gasteiger partial charge in [0.2, 0.25) is 10.0 Å². The SMILES string of the molecule is O=[N+]([O-])c1ccc(S(=O)(=O)NNc2ccc(S(=O)(=O)N3CCCCC3)cn2)cc1. The number of hydrogen-bond donors (Lipinski definition) is 2. The average Bonchev–Trinajstić information content (AvgIpc) is 2.73. The first kappa shape index (κ1) is 21.1. The highest BCUT2D eigenvalue weighted by atomic mass is 32.2. The third-order valence-electron chi connectivity index (χ3n) is 4.36. The molecule has 0 amide bonds. The Kier molecular flexibility index (Phi) is 6.12. The van der Waals surface area contributed by atoms with E-state index in [9.17, 15) is 26.9 Å². The van der Waals surface area contributed by atoms with E-state index in [2.05, 4.69) is 15.2 Å². The van der Waals surface area contributed by atoms with E-state index < -0.39 is 25.0 Å². The number of nitro benzene ring substituents is 1. The summed E-state index contributed by atoms with van der Waals surface area (Å²) in [5.41, 5.74) is 2.16. The molecule has 2 N–H and O–H groups in total. The minimum Gasteiger partial charge on any atom is -0.292 e. The molecule has 11 nitrogen and oxygen atoms in total. The maximum Gasteiger partial charge on any atom is 0.269 e. The Hall–Kier alpha value is -2.61. The fourth-order valence-electron chi connectivity index (χ4n) is 2.79. The van der Waals surface area contributed by atoms with Crippen molar-refractivity contribution in [3.8, 4) is 0 Å². The van der Waals surface area contributed by atoms with Crippen molar-refractivity contribution >= 4 is 31.6 Å². The number of nitro groups is 1. The lowest BCUT2D eigenvalue weighted by atomic mass is 10.2. The van der Waals surface area contributed by atoms with Gasteiger partial charge in [0.25, 0.3) is 15.7 Å². The number of nitrogens with zero attached hydrogens (tertiary/aromatic N) is 3. The maximum atomic E-state index is 12.6. The molecule has 1 aliphatic heterocycles. The number of hydrazine groups is 1. The molecule has 0 aliphatic carbocycles. The van der Waals surface area contributed by atoms with E-state index in [-0.39, 0.29) is 21.3 Å². The van der Waals surface area contributed by atoms with Gasteiger partial charge in [-0.1, -0.05) is 6.42 Å². The van der Waals surface area contributed by atoms with E-state index in [0.29, 0.717) is 13.1 Å². The van der Waals surface area contributed by atoms with Gasteiger partial charge in [-0.05, 0) is 37.1 Å². The molecule has 156 valence electrons. The fraction of sp³-hybridized carbons (Fsp3) is 0.312. The zero-order valence-electron chi connectivity index (χ0n) is 15.2. The Morgan fingerprint density at radius 3 is 2.10 bits per heavy atom. The second-order valence-corrected chi connectivity index (χ2v) is 9.95. The van der Waals surface area contributed by atoms with Crippen LogP contribution in [0, 0.1) is 10.1 Å². The molecule has 1 aliphatic rings. The summed E-state index contributed by atoms with van der Waals surface area (Å²) < 4.78 is 51.1. The Labute approximate surface area is 168 Å². The van der Waals surface area contributed by atoms with Crippen molar-refractivity contribution in [1.29, 1.82) is 0 Å². The number of nitrogens with one attached hydrogen (secondary N) is 2. The van der Waals surface area contributed by atoms with Gasteiger partial charge in [-0.25, -0.2) is 21.8 Å². The lowest BCUT2D eigenvalue weighted by Gasteiger charge is -2.25. The highest BCUT2D eigenvalue weighted by molar-refractivity contribution is 7.89. The van der Waals surface area contributed by atoms with Gasteiger partial charge >= 0.3 is 0 Å². The first-order valence-electron chi connectivity index (χ1n) is 8.69. The van der Waals surface area contributed by atoms with Crippen LogP contribution in [-0.4, -0.2) is 44.1 Å². The van der Waals surface area contributed by atoms with Crippen LogP contribution in [0.15, 0.2) is 52.4 Å². The lowest BCUT2D eigenvalue weighted by molar-refractivity contribution is -0.384. The molecular weight excluding hydrogens is 422 g/mol. The van der Waals surface area contributed by atoms with Gasteiger partial charge < -0.3 is 0 Å². The van der Waals surface area contributed by atoms with E-state index in [1.165, 1.54) is 16.4 Å². The molecule has 0 unspecified atom stereocenters. The Bertz CT molecular complexity index is 1080. The number of pyridine rings is 1. The van der Waals surface area contributed by atoms with Crippen molar-refractivity contribution in [1.82, 2.24) is 14.1 Å². The number of aromatic nitrogens is 1. The zero-order chi connectivity index (χ0) is 21.1. The zero-order valence-corrected chi connectivity index (χ0v) is 16.8. The predicted octanol–water partition coefficient (Wildman–Crippen LogP) is 1.47. The van der Waals surface area contributed by atoms with Crippen LogP contribution in [-0.2, 0) is 20.0 Å². The van der Waals surface area contributed by atoms with E-state index in [0.717, 1.165) is 49.7 Å². The molecule has 1 fully saturated rings. The number of benzene rings is 1. The number of hydrogen-bond acceptors (Lipinski definition) is 8. The van der Waals surface area contributed by atoms with E-state index >= 15 is 0 Å². The quantitative estimate of drug-likeness (QED) is 0.484. The Morgan fingerprint density at radius 1 is 0.931 bits per heavy atom. The molecule has 2 aromatic rings. The van der Waals surface area contributed by atoms with Crippen molar-refractivity contribution in [2.24, 2.45) is 0 Å². The van der Waals surface area contributed by atoms with Crippen LogP contribution in [0.4, 0.5) is 11.5 Å². The molecule has 3 rings (SSSR count). The summed E-state index contributed by atoms with van der Waals surface area (Å²) in [6, 6.07) is 7.04. The Balaban J connectivity index is 1.67. The molecule has 1 aromatic carbocycles. The Morgan fingerprint density at radius 2 is 1.55 bits per heavy atom. The highest BCUT2D eigenvalue weighted by Crippen LogP contribution is 2.21. The topological polar surface area (TPSA) is 152 Å². The molecule has 1 saturated heterocycles. The smallest absolute Gasteiger partial charge is 0.269 e. The molecule has 0 spiro atoms. The first-order valence-corrected chi connectivity index (χ1v) is 11.6. The fourth-order valence-corrected chi connectivity index (χ4v) is 5.10. The summed E-state index contributed by atoms with van der Waals surface area (Å²) in [5, 5.41) is 10.6. The second-order valence-electron chi connectivity index (χ2n) is 6.33. The number of rotatable bonds is 7. The van der Waals surface area contributed by atoms with Crippen molar-refractivity contribution in [2.45, 2.75) is 29.1 Å². The van der Waals surface area contributed by atoms with Crippen LogP contribution < -0.4 is 10.3 Å². The van der Waals surface area contributed by atoms with E-state index in [1.54, 1.807) is 0 Å². The molecule has 0 atom stereocenters. The van der Waals surface area contributed by atoms with Crippen LogP contribution >= 0.6 is 0 Å². The largest absolute Gasteiger partial charge is 0.292 e. The van der Waals surface area contributed by atoms with Crippen molar-refractivity contribution in [3.63, 3.8) is 0 Å². The molecule has 0 radical (unpaired) electrons. The molecular formula is C16H19N5O6S2. The highest BCUT2D eigenvalue weighted by Gasteiger charge is 2.26. The van der Waals surface area contributed by atoms with Crippen LogP contribution in [0.25, 0.3) is 0 Å². The molecule has 0 bridgehead atoms. The second kappa shape index (κ2) is 8.41. The van der Waals surface area contributed by atoms with Gasteiger partial charge in [-0.3, -0.25) is 15.5 Å². The minimum atomic E-state index is -4.01. The van der Waals surface area contributed by atoms with Gasteiger partial charge in [0, 0.05) is 31.4 Å². The third-order valence-corrected chi connectivity index (χ3v) is 7.51. The summed E-state index contributed by atoms with van der Waals surface area (Å²) in [7, 11) is -7.63. The maximum absolute atomic E-state index is 12.6. The van der Waals surface area contributed by atoms with Crippen LogP contribution in [0.3, 0.4) is 0 Å². The van der Waals surface area contributed by atoms with Gasteiger partial charge in [0.15, 0.2) is 0 Å². The number of non-ortho nitro benzene ring substituents is 1. The standard InChI is InChI=1S/C16H19N5O6S2/c22-21(23)13-4-6-14(7-5-13)28(24,25)19-18-16-9-8-15(12-17-16)29(26,27)20-10-2-1-3-11-20/h4-9,12,19H,1-3,10-11H2,(H,17,18). The van der Waals surface area contributed by atoms with E-state index in [4.69, 9.17) is 0 Å². The normalized spacial score (nSPS) is 15.7. The monoisotopic (exact) mass is 441 g/mol. The molecule has 13 heteroatoms. The van der Waals surface area contributed by atoms with Crippen molar-refractivity contribution in [3.05, 3.63) is 52.7 Å². The van der Waals surface area contributed by atoms with Crippen molar-refractivity contribution < 1.29 is 21.8 Å². The van der Waals surface area contributed by atoms with Crippen LogP contribution in [0.1, 0.15) is 19.3 Å². The minimum absolute atomic E-state index is 0.0307. The molecule has 29 heavy (non-hydrogen) atoms. The van der Waals surface area contributed by atoms with Crippen LogP contribution in [0.5, 0.6) is 0 Å². The number of piperidine rings is 1. The summed E-state index contributed by atoms with van der Waals surface area (Å²) in [5.74, 6) is 0.0908. The van der Waals surface area contributed by atoms with Crippen molar-refractivity contribution in [2.75, 3.05) is 18.5 Å². The molecule has 0 saturated carbocycles. The molecule has 1 aromatic heterocycles. The van der Waals surface area contributed by atoms with Gasteiger partial charge in [-0.2, -0.15) is 4.31 Å². The summed E-state index contributed by atoms with van der Waals surface area (Å²) >= 11 is 0. The van der Waals surface area contributed by atoms with Gasteiger partial charge in [0.05, 0.1) is 9.82 Å². The summed E-state index contributed by atoms with van der Waals surface area (Å²) in [6.07, 6.45) is 3.79. The number of sulfonamides is 2. The third kappa shape index (κ3) is 4.87. The first-order chi connectivity index (χ1) is 13.7. The average molecular weight is 441 g/mol. The van der Waals surface area contributed by atoms with Crippen LogP contribution in [0.2, 0.25) is 0 Å². The predicted molar refractivity (Wildman–Crippen MR) is 104 cm³/mol.